The fraction of sp³-hybridized carbons (Fsp3) is 0.429. The maximum absolute atomic E-state index is 12.3. The van der Waals surface area contributed by atoms with E-state index in [1.807, 2.05) is 24.3 Å². The van der Waals surface area contributed by atoms with E-state index in [4.69, 9.17) is 4.74 Å². The lowest BCUT2D eigenvalue weighted by molar-refractivity contribution is -0.142. The second kappa shape index (κ2) is 4.54. The molecule has 1 aromatic heterocycles. The Hall–Kier alpha value is -2.44. The molecule has 2 fully saturated rings. The van der Waals surface area contributed by atoms with E-state index < -0.39 is 0 Å². The van der Waals surface area contributed by atoms with Gasteiger partial charge in [0.05, 0.1) is 12.5 Å². The molecule has 2 aliphatic heterocycles. The van der Waals surface area contributed by atoms with Gasteiger partial charge in [-0.05, 0) is 12.1 Å². The first-order valence-electron chi connectivity index (χ1n) is 6.95. The molecule has 2 aliphatic rings. The zero-order chi connectivity index (χ0) is 14.4. The molecule has 0 saturated carbocycles. The van der Waals surface area contributed by atoms with Crippen molar-refractivity contribution in [3.8, 4) is 0 Å². The Morgan fingerprint density at radius 1 is 1.24 bits per heavy atom. The molecule has 1 amide bonds. The first kappa shape index (κ1) is 12.3. The van der Waals surface area contributed by atoms with Crippen molar-refractivity contribution < 1.29 is 14.3 Å². The molecule has 21 heavy (non-hydrogen) atoms. The van der Waals surface area contributed by atoms with Gasteiger partial charge in [0.15, 0.2) is 0 Å². The topological polar surface area (TPSA) is 77.3 Å². The summed E-state index contributed by atoms with van der Waals surface area (Å²) in [5, 5.41) is 8.56. The van der Waals surface area contributed by atoms with Crippen molar-refractivity contribution in [1.29, 1.82) is 0 Å². The van der Waals surface area contributed by atoms with Gasteiger partial charge in [-0.25, -0.2) is 0 Å². The maximum Gasteiger partial charge on any atom is 0.311 e. The lowest BCUT2D eigenvalue weighted by Crippen LogP contribution is -2.34. The van der Waals surface area contributed by atoms with Gasteiger partial charge in [0.2, 0.25) is 5.91 Å². The van der Waals surface area contributed by atoms with Crippen molar-refractivity contribution in [2.45, 2.75) is 6.54 Å². The number of nitrogens with zero attached hydrogens (tertiary/aromatic N) is 4. The highest BCUT2D eigenvalue weighted by atomic mass is 16.5. The summed E-state index contributed by atoms with van der Waals surface area (Å²) in [6.07, 6.45) is 0. The van der Waals surface area contributed by atoms with Crippen LogP contribution in [0, 0.1) is 11.8 Å². The van der Waals surface area contributed by atoms with E-state index in [-0.39, 0.29) is 30.3 Å². The van der Waals surface area contributed by atoms with Crippen LogP contribution in [0.25, 0.3) is 11.0 Å². The largest absolute Gasteiger partial charge is 0.465 e. The lowest BCUT2D eigenvalue weighted by atomic mass is 10.0. The Morgan fingerprint density at radius 3 is 2.62 bits per heavy atom. The van der Waals surface area contributed by atoms with E-state index in [0.717, 1.165) is 11.0 Å². The van der Waals surface area contributed by atoms with E-state index >= 15 is 0 Å². The Labute approximate surface area is 120 Å². The van der Waals surface area contributed by atoms with Crippen LogP contribution in [0.3, 0.4) is 0 Å². The second-order valence-electron chi connectivity index (χ2n) is 5.51. The normalized spacial score (nSPS) is 24.4. The number of esters is 1. The molecule has 7 nitrogen and oxygen atoms in total. The summed E-state index contributed by atoms with van der Waals surface area (Å²) < 4.78 is 5.00. The SMILES string of the molecule is O=C1OC[C@H]2CN(C(=O)Cn3nc4ccccc4n3)C[C@@H]12. The molecule has 108 valence electrons. The van der Waals surface area contributed by atoms with Crippen LogP contribution in [0.1, 0.15) is 0 Å². The summed E-state index contributed by atoms with van der Waals surface area (Å²) in [5.74, 6) is -0.250. The molecule has 1 aromatic carbocycles. The predicted octanol–water partition coefficient (Wildman–Crippen LogP) is 0.0627. The van der Waals surface area contributed by atoms with Gasteiger partial charge in [0.25, 0.3) is 0 Å². The van der Waals surface area contributed by atoms with Gasteiger partial charge in [-0.3, -0.25) is 9.59 Å². The minimum atomic E-state index is -0.182. The number of fused-ring (bicyclic) bond motifs is 2. The summed E-state index contributed by atoms with van der Waals surface area (Å²) in [5.41, 5.74) is 1.54. The molecule has 2 aromatic rings. The number of aromatic nitrogens is 3. The molecular weight excluding hydrogens is 272 g/mol. The Bertz CT molecular complexity index is 693. The van der Waals surface area contributed by atoms with Gasteiger partial charge >= 0.3 is 5.97 Å². The number of hydrogen-bond acceptors (Lipinski definition) is 5. The highest BCUT2D eigenvalue weighted by Crippen LogP contribution is 2.30. The Kier molecular flexibility index (Phi) is 2.66. The van der Waals surface area contributed by atoms with Crippen LogP contribution in [0.5, 0.6) is 0 Å². The fourth-order valence-electron chi connectivity index (χ4n) is 3.00. The van der Waals surface area contributed by atoms with Crippen LogP contribution < -0.4 is 0 Å². The van der Waals surface area contributed by atoms with Crippen molar-refractivity contribution in [3.05, 3.63) is 24.3 Å². The third-order valence-corrected chi connectivity index (χ3v) is 4.14. The Morgan fingerprint density at radius 2 is 1.95 bits per heavy atom. The van der Waals surface area contributed by atoms with E-state index in [1.54, 1.807) is 4.90 Å². The smallest absolute Gasteiger partial charge is 0.311 e. The molecule has 0 unspecified atom stereocenters. The van der Waals surface area contributed by atoms with Crippen LogP contribution in [0.2, 0.25) is 0 Å². The van der Waals surface area contributed by atoms with E-state index in [1.165, 1.54) is 4.80 Å². The average molecular weight is 286 g/mol. The van der Waals surface area contributed by atoms with E-state index in [9.17, 15) is 9.59 Å². The maximum atomic E-state index is 12.3. The van der Waals surface area contributed by atoms with Crippen LogP contribution in [-0.4, -0.2) is 51.5 Å². The highest BCUT2D eigenvalue weighted by molar-refractivity contribution is 5.81. The van der Waals surface area contributed by atoms with Crippen LogP contribution in [0.15, 0.2) is 24.3 Å². The van der Waals surface area contributed by atoms with Gasteiger partial charge in [0.1, 0.15) is 17.6 Å². The third kappa shape index (κ3) is 2.05. The molecular formula is C14H14N4O3. The van der Waals surface area contributed by atoms with E-state index in [0.29, 0.717) is 19.7 Å². The number of carbonyl (C=O) groups is 2. The minimum Gasteiger partial charge on any atom is -0.465 e. The van der Waals surface area contributed by atoms with Crippen LogP contribution in [0.4, 0.5) is 0 Å². The van der Waals surface area contributed by atoms with Gasteiger partial charge in [0, 0.05) is 19.0 Å². The molecule has 7 heteroatoms. The van der Waals surface area contributed by atoms with E-state index in [2.05, 4.69) is 10.2 Å². The van der Waals surface area contributed by atoms with Crippen molar-refractivity contribution in [2.75, 3.05) is 19.7 Å². The third-order valence-electron chi connectivity index (χ3n) is 4.14. The van der Waals surface area contributed by atoms with Crippen molar-refractivity contribution in [2.24, 2.45) is 11.8 Å². The van der Waals surface area contributed by atoms with Crippen molar-refractivity contribution >= 4 is 22.9 Å². The van der Waals surface area contributed by atoms with Gasteiger partial charge in [-0.1, -0.05) is 12.1 Å². The Balaban J connectivity index is 1.47. The van der Waals surface area contributed by atoms with Crippen molar-refractivity contribution in [3.63, 3.8) is 0 Å². The summed E-state index contributed by atoms with van der Waals surface area (Å²) >= 11 is 0. The average Bonchev–Trinajstić information content (AvgIpc) is 3.14. The molecule has 2 atom stereocenters. The number of rotatable bonds is 2. The number of ether oxygens (including phenoxy) is 1. The van der Waals surface area contributed by atoms with Crippen molar-refractivity contribution in [1.82, 2.24) is 19.9 Å². The number of benzene rings is 1. The molecule has 2 saturated heterocycles. The monoisotopic (exact) mass is 286 g/mol. The zero-order valence-corrected chi connectivity index (χ0v) is 11.3. The molecule has 0 aliphatic carbocycles. The lowest BCUT2D eigenvalue weighted by Gasteiger charge is -2.16. The summed E-state index contributed by atoms with van der Waals surface area (Å²) in [6, 6.07) is 7.49. The number of carbonyl (C=O) groups excluding carboxylic acids is 2. The number of likely N-dealkylation sites (tertiary alicyclic amines) is 1. The molecule has 0 N–H and O–H groups in total. The first-order valence-corrected chi connectivity index (χ1v) is 6.95. The predicted molar refractivity (Wildman–Crippen MR) is 72.0 cm³/mol. The van der Waals surface area contributed by atoms with Crippen LogP contribution >= 0.6 is 0 Å². The van der Waals surface area contributed by atoms with Gasteiger partial charge in [-0.15, -0.1) is 0 Å². The van der Waals surface area contributed by atoms with Gasteiger partial charge < -0.3 is 9.64 Å². The number of hydrogen-bond donors (Lipinski definition) is 0. The molecule has 4 rings (SSSR count). The highest BCUT2D eigenvalue weighted by Gasteiger charge is 2.45. The second-order valence-corrected chi connectivity index (χ2v) is 5.51. The summed E-state index contributed by atoms with van der Waals surface area (Å²) in [7, 11) is 0. The minimum absolute atomic E-state index is 0.0579. The molecule has 3 heterocycles. The fourth-order valence-corrected chi connectivity index (χ4v) is 3.00. The number of amides is 1. The first-order chi connectivity index (χ1) is 10.2. The number of cyclic esters (lactones) is 1. The summed E-state index contributed by atoms with van der Waals surface area (Å²) in [4.78, 5) is 26.9. The zero-order valence-electron chi connectivity index (χ0n) is 11.3. The summed E-state index contributed by atoms with van der Waals surface area (Å²) in [6.45, 7) is 1.56. The van der Waals surface area contributed by atoms with Crippen LogP contribution in [-0.2, 0) is 20.9 Å². The molecule has 0 bridgehead atoms. The van der Waals surface area contributed by atoms with Gasteiger partial charge in [-0.2, -0.15) is 15.0 Å². The quantitative estimate of drug-likeness (QED) is 0.730. The standard InChI is InChI=1S/C14H14N4O3/c19-13(17-5-9-8-21-14(20)10(9)6-17)7-18-15-11-3-1-2-4-12(11)16-18/h1-4,9-10H,5-8H2/t9-,10-/m1/s1. The molecule has 0 spiro atoms. The molecule has 0 radical (unpaired) electrons.